The molecule has 37 heavy (non-hydrogen) atoms. The molecule has 1 saturated heterocycles. The van der Waals surface area contributed by atoms with Gasteiger partial charge in [0.05, 0.1) is 31.5 Å². The Hall–Kier alpha value is -3.87. The van der Waals surface area contributed by atoms with Crippen molar-refractivity contribution < 1.29 is 23.8 Å². The van der Waals surface area contributed by atoms with E-state index in [0.717, 1.165) is 44.0 Å². The zero-order chi connectivity index (χ0) is 26.0. The molecule has 0 saturated carbocycles. The molecule has 9 heteroatoms. The first-order chi connectivity index (χ1) is 18.0. The van der Waals surface area contributed by atoms with Gasteiger partial charge in [-0.05, 0) is 35.4 Å². The summed E-state index contributed by atoms with van der Waals surface area (Å²) in [5.41, 5.74) is 3.86. The molecule has 2 aliphatic rings. The van der Waals surface area contributed by atoms with Crippen molar-refractivity contribution in [1.82, 2.24) is 20.9 Å². The Bertz CT molecular complexity index is 1180. The molecule has 194 valence electrons. The van der Waals surface area contributed by atoms with Crippen LogP contribution in [0.1, 0.15) is 34.6 Å². The molecule has 4 N–H and O–H groups in total. The number of nitrogens with one attached hydrogen (secondary N) is 3. The molecule has 1 unspecified atom stereocenters. The average Bonchev–Trinajstić information content (AvgIpc) is 2.93. The molecule has 1 fully saturated rings. The third-order valence-corrected chi connectivity index (χ3v) is 6.30. The second kappa shape index (κ2) is 12.9. The van der Waals surface area contributed by atoms with Gasteiger partial charge in [-0.2, -0.15) is 0 Å². The Kier molecular flexibility index (Phi) is 9.13. The van der Waals surface area contributed by atoms with Crippen molar-refractivity contribution in [2.45, 2.75) is 18.9 Å². The van der Waals surface area contributed by atoms with Gasteiger partial charge in [-0.25, -0.2) is 4.39 Å². The molecule has 4 rings (SSSR count). The number of alkyl halides is 1. The lowest BCUT2D eigenvalue weighted by molar-refractivity contribution is -0.123. The third kappa shape index (κ3) is 7.32. The van der Waals surface area contributed by atoms with Crippen LogP contribution in [0.5, 0.6) is 0 Å². The molecule has 8 nitrogen and oxygen atoms in total. The fourth-order valence-corrected chi connectivity index (χ4v) is 4.22. The number of carbonyl (C=O) groups excluding carboxylic acids is 2. The van der Waals surface area contributed by atoms with Crippen molar-refractivity contribution >= 4 is 11.8 Å². The number of aliphatic hydroxyl groups is 1. The van der Waals surface area contributed by atoms with Gasteiger partial charge >= 0.3 is 0 Å². The Morgan fingerprint density at radius 3 is 2.35 bits per heavy atom. The molecule has 2 aromatic carbocycles. The van der Waals surface area contributed by atoms with Gasteiger partial charge in [0.2, 0.25) is 11.7 Å². The summed E-state index contributed by atoms with van der Waals surface area (Å²) in [7, 11) is 0. The van der Waals surface area contributed by atoms with E-state index < -0.39 is 24.3 Å². The number of amides is 2. The second-order valence-corrected chi connectivity index (χ2v) is 8.88. The van der Waals surface area contributed by atoms with Crippen molar-refractivity contribution in [3.63, 3.8) is 0 Å². The second-order valence-electron chi connectivity index (χ2n) is 8.88. The molecule has 0 aliphatic carbocycles. The van der Waals surface area contributed by atoms with Crippen molar-refractivity contribution in [3.05, 3.63) is 82.2 Å². The lowest BCUT2D eigenvalue weighted by atomic mass is 9.91. The Morgan fingerprint density at radius 1 is 1.05 bits per heavy atom. The standard InChI is InChI=1S/C28H31FN4O4/c29-11-12-30-27(35)24(17-25-26(34)28(36)32-19-31-25)23-9-7-21(8-10-23)2-1-20-3-5-22(6-4-20)18-33-13-15-37-16-14-33/h3-10,24,31,34H,11-19H2,(H,30,35)(H,32,36). The van der Waals surface area contributed by atoms with Gasteiger partial charge in [-0.15, -0.1) is 0 Å². The van der Waals surface area contributed by atoms with Crippen molar-refractivity contribution in [2.24, 2.45) is 0 Å². The van der Waals surface area contributed by atoms with Crippen molar-refractivity contribution in [1.29, 1.82) is 0 Å². The smallest absolute Gasteiger partial charge is 0.289 e. The van der Waals surface area contributed by atoms with E-state index in [0.29, 0.717) is 5.56 Å². The minimum atomic E-state index is -0.719. The van der Waals surface area contributed by atoms with Crippen molar-refractivity contribution in [3.8, 4) is 11.8 Å². The van der Waals surface area contributed by atoms with Crippen molar-refractivity contribution in [2.75, 3.05) is 46.2 Å². The monoisotopic (exact) mass is 506 g/mol. The number of carbonyl (C=O) groups is 2. The molecule has 1 atom stereocenters. The van der Waals surface area contributed by atoms with E-state index in [-0.39, 0.29) is 31.2 Å². The number of hydrogen-bond donors (Lipinski definition) is 4. The number of nitrogens with zero attached hydrogens (tertiary/aromatic N) is 1. The number of benzene rings is 2. The molecule has 2 aromatic rings. The Morgan fingerprint density at radius 2 is 1.70 bits per heavy atom. The van der Waals surface area contributed by atoms with Crippen LogP contribution in [0.4, 0.5) is 4.39 Å². The molecule has 2 aliphatic heterocycles. The molecular formula is C28H31FN4O4. The van der Waals surface area contributed by atoms with E-state index in [2.05, 4.69) is 44.8 Å². The SMILES string of the molecule is O=C1NCNC(CC(C(=O)NCCF)c2ccc(C#Cc3ccc(CN4CCOCC4)cc3)cc2)=C1O. The number of ether oxygens (including phenoxy) is 1. The first kappa shape index (κ1) is 26.2. The lowest BCUT2D eigenvalue weighted by Crippen LogP contribution is -2.42. The molecule has 2 amide bonds. The summed E-state index contributed by atoms with van der Waals surface area (Å²) in [6.07, 6.45) is 0.0686. The lowest BCUT2D eigenvalue weighted by Gasteiger charge is -2.26. The highest BCUT2D eigenvalue weighted by Crippen LogP contribution is 2.25. The quantitative estimate of drug-likeness (QED) is 0.408. The average molecular weight is 507 g/mol. The number of halogens is 1. The van der Waals surface area contributed by atoms with Gasteiger partial charge < -0.3 is 25.8 Å². The van der Waals surface area contributed by atoms with Gasteiger partial charge in [-0.1, -0.05) is 36.1 Å². The fraction of sp³-hybridized carbons (Fsp3) is 0.357. The Labute approximate surface area is 215 Å². The number of hydrogen-bond acceptors (Lipinski definition) is 6. The summed E-state index contributed by atoms with van der Waals surface area (Å²) in [4.78, 5) is 26.9. The maximum absolute atomic E-state index is 12.8. The fourth-order valence-electron chi connectivity index (χ4n) is 4.22. The van der Waals surface area contributed by atoms with Crippen LogP contribution in [0.2, 0.25) is 0 Å². The van der Waals surface area contributed by atoms with E-state index >= 15 is 0 Å². The van der Waals surface area contributed by atoms with E-state index in [4.69, 9.17) is 4.74 Å². The number of rotatable bonds is 8. The van der Waals surface area contributed by atoms with Crippen LogP contribution >= 0.6 is 0 Å². The Balaban J connectivity index is 1.44. The topological polar surface area (TPSA) is 103 Å². The first-order valence-electron chi connectivity index (χ1n) is 12.3. The predicted molar refractivity (Wildman–Crippen MR) is 137 cm³/mol. The van der Waals surface area contributed by atoms with E-state index in [1.165, 1.54) is 5.56 Å². The molecular weight excluding hydrogens is 475 g/mol. The van der Waals surface area contributed by atoms with Crippen LogP contribution in [0.3, 0.4) is 0 Å². The molecule has 0 spiro atoms. The molecule has 0 bridgehead atoms. The van der Waals surface area contributed by atoms with E-state index in [1.807, 2.05) is 24.3 Å². The van der Waals surface area contributed by atoms with Crippen LogP contribution in [0.25, 0.3) is 0 Å². The summed E-state index contributed by atoms with van der Waals surface area (Å²) in [5, 5.41) is 18.0. The van der Waals surface area contributed by atoms with Crippen LogP contribution in [-0.4, -0.2) is 68.0 Å². The highest BCUT2D eigenvalue weighted by Gasteiger charge is 2.27. The van der Waals surface area contributed by atoms with Gasteiger partial charge in [-0.3, -0.25) is 14.5 Å². The normalized spacial score (nSPS) is 16.7. The molecule has 2 heterocycles. The number of allylic oxidation sites excluding steroid dienone is 1. The zero-order valence-electron chi connectivity index (χ0n) is 20.6. The predicted octanol–water partition coefficient (Wildman–Crippen LogP) is 1.92. The van der Waals surface area contributed by atoms with Crippen LogP contribution in [0.15, 0.2) is 60.0 Å². The van der Waals surface area contributed by atoms with E-state index in [1.54, 1.807) is 12.1 Å². The van der Waals surface area contributed by atoms with Crippen LogP contribution in [0, 0.1) is 11.8 Å². The summed E-state index contributed by atoms with van der Waals surface area (Å²) < 4.78 is 18.0. The van der Waals surface area contributed by atoms with Gasteiger partial charge in [0.15, 0.2) is 0 Å². The summed E-state index contributed by atoms with van der Waals surface area (Å²) in [6, 6.07) is 15.4. The minimum absolute atomic E-state index is 0.0686. The highest BCUT2D eigenvalue weighted by atomic mass is 19.1. The largest absolute Gasteiger partial charge is 0.502 e. The summed E-state index contributed by atoms with van der Waals surface area (Å²) >= 11 is 0. The number of aliphatic hydroxyl groups excluding tert-OH is 1. The van der Waals surface area contributed by atoms with Crippen LogP contribution < -0.4 is 16.0 Å². The minimum Gasteiger partial charge on any atom is -0.502 e. The van der Waals surface area contributed by atoms with Crippen LogP contribution in [-0.2, 0) is 20.9 Å². The van der Waals surface area contributed by atoms with Gasteiger partial charge in [0.25, 0.3) is 5.91 Å². The maximum atomic E-state index is 12.8. The highest BCUT2D eigenvalue weighted by molar-refractivity contribution is 5.92. The molecule has 0 radical (unpaired) electrons. The first-order valence-corrected chi connectivity index (χ1v) is 12.3. The number of morpholine rings is 1. The zero-order valence-corrected chi connectivity index (χ0v) is 20.6. The summed E-state index contributed by atoms with van der Waals surface area (Å²) in [6.45, 7) is 3.70. The molecule has 0 aromatic heterocycles. The van der Waals surface area contributed by atoms with Gasteiger partial charge in [0, 0.05) is 43.7 Å². The van der Waals surface area contributed by atoms with E-state index in [9.17, 15) is 19.1 Å². The summed E-state index contributed by atoms with van der Waals surface area (Å²) in [5.74, 6) is 4.15. The van der Waals surface area contributed by atoms with Gasteiger partial charge in [0.1, 0.15) is 6.67 Å². The third-order valence-electron chi connectivity index (χ3n) is 6.30. The maximum Gasteiger partial charge on any atom is 0.289 e.